The molecule has 2 fully saturated rings. The number of nitrogen functional groups attached to an aromatic ring is 1. The molecular weight excluding hydrogens is 262 g/mol. The zero-order valence-electron chi connectivity index (χ0n) is 10.7. The van der Waals surface area contributed by atoms with Gasteiger partial charge in [0.25, 0.3) is 10.2 Å². The van der Waals surface area contributed by atoms with Crippen LogP contribution in [0.1, 0.15) is 31.2 Å². The number of nitrogens with zero attached hydrogens (tertiary/aromatic N) is 1. The van der Waals surface area contributed by atoms with Crippen LogP contribution in [0.2, 0.25) is 0 Å². The molecule has 1 aromatic carbocycles. The smallest absolute Gasteiger partial charge is 0.280 e. The van der Waals surface area contributed by atoms with Gasteiger partial charge in [0.1, 0.15) is 0 Å². The van der Waals surface area contributed by atoms with E-state index in [0.29, 0.717) is 12.2 Å². The molecule has 3 rings (SSSR count). The van der Waals surface area contributed by atoms with Crippen molar-refractivity contribution in [2.45, 2.75) is 44.3 Å². The normalized spacial score (nSPS) is 19.8. The van der Waals surface area contributed by atoms with Crippen LogP contribution in [0.15, 0.2) is 24.3 Å². The van der Waals surface area contributed by atoms with Gasteiger partial charge < -0.3 is 5.73 Å². The van der Waals surface area contributed by atoms with Crippen molar-refractivity contribution in [1.29, 1.82) is 0 Å². The van der Waals surface area contributed by atoms with Gasteiger partial charge in [-0.2, -0.15) is 17.4 Å². The predicted molar refractivity (Wildman–Crippen MR) is 74.5 cm³/mol. The van der Waals surface area contributed by atoms with E-state index in [1.807, 2.05) is 18.2 Å². The zero-order chi connectivity index (χ0) is 13.5. The molecule has 0 aliphatic heterocycles. The summed E-state index contributed by atoms with van der Waals surface area (Å²) >= 11 is 0. The minimum absolute atomic E-state index is 0.135. The van der Waals surface area contributed by atoms with Crippen molar-refractivity contribution in [2.75, 3.05) is 5.73 Å². The van der Waals surface area contributed by atoms with Crippen molar-refractivity contribution in [3.05, 3.63) is 29.8 Å². The lowest BCUT2D eigenvalue weighted by Gasteiger charge is -2.22. The topological polar surface area (TPSA) is 75.4 Å². The van der Waals surface area contributed by atoms with Gasteiger partial charge in [0.2, 0.25) is 0 Å². The summed E-state index contributed by atoms with van der Waals surface area (Å²) in [6.07, 6.45) is 3.78. The van der Waals surface area contributed by atoms with E-state index in [0.717, 1.165) is 31.2 Å². The molecule has 104 valence electrons. The third-order valence-electron chi connectivity index (χ3n) is 3.54. The van der Waals surface area contributed by atoms with E-state index >= 15 is 0 Å². The predicted octanol–water partition coefficient (Wildman–Crippen LogP) is 1.23. The molecule has 2 saturated carbocycles. The molecule has 0 heterocycles. The summed E-state index contributed by atoms with van der Waals surface area (Å²) in [7, 11) is -3.38. The SMILES string of the molecule is Nc1ccccc1CN(C1CC1)S(=O)(=O)NC1CC1. The van der Waals surface area contributed by atoms with Gasteiger partial charge in [0.05, 0.1) is 0 Å². The number of hydrogen-bond donors (Lipinski definition) is 2. The van der Waals surface area contributed by atoms with Crippen molar-refractivity contribution >= 4 is 15.9 Å². The molecular formula is C13H19N3O2S. The maximum absolute atomic E-state index is 12.4. The summed E-state index contributed by atoms with van der Waals surface area (Å²) in [5.41, 5.74) is 7.42. The second kappa shape index (κ2) is 4.77. The highest BCUT2D eigenvalue weighted by atomic mass is 32.2. The van der Waals surface area contributed by atoms with Crippen LogP contribution in [0.3, 0.4) is 0 Å². The Morgan fingerprint density at radius 2 is 1.89 bits per heavy atom. The van der Waals surface area contributed by atoms with Gasteiger partial charge in [0, 0.05) is 24.3 Å². The summed E-state index contributed by atoms with van der Waals surface area (Å²) in [6.45, 7) is 0.361. The number of para-hydroxylation sites is 1. The molecule has 0 amide bonds. The van der Waals surface area contributed by atoms with Crippen LogP contribution in [0.5, 0.6) is 0 Å². The Morgan fingerprint density at radius 1 is 1.21 bits per heavy atom. The largest absolute Gasteiger partial charge is 0.398 e. The van der Waals surface area contributed by atoms with Crippen LogP contribution in [0.25, 0.3) is 0 Å². The van der Waals surface area contributed by atoms with Crippen molar-refractivity contribution < 1.29 is 8.42 Å². The second-order valence-electron chi connectivity index (χ2n) is 5.37. The maximum atomic E-state index is 12.4. The molecule has 0 bridgehead atoms. The Balaban J connectivity index is 1.79. The van der Waals surface area contributed by atoms with Gasteiger partial charge >= 0.3 is 0 Å². The van der Waals surface area contributed by atoms with Crippen molar-refractivity contribution in [3.8, 4) is 0 Å². The molecule has 5 nitrogen and oxygen atoms in total. The van der Waals surface area contributed by atoms with Crippen LogP contribution in [-0.4, -0.2) is 24.8 Å². The lowest BCUT2D eigenvalue weighted by atomic mass is 10.2. The van der Waals surface area contributed by atoms with Gasteiger partial charge in [0.15, 0.2) is 0 Å². The number of hydrogen-bond acceptors (Lipinski definition) is 3. The van der Waals surface area contributed by atoms with Gasteiger partial charge in [-0.3, -0.25) is 0 Å². The highest BCUT2D eigenvalue weighted by Gasteiger charge is 2.39. The number of anilines is 1. The minimum Gasteiger partial charge on any atom is -0.398 e. The number of rotatable bonds is 6. The first-order chi connectivity index (χ1) is 9.06. The minimum atomic E-state index is -3.38. The quantitative estimate of drug-likeness (QED) is 0.770. The molecule has 1 aromatic rings. The molecule has 0 unspecified atom stereocenters. The Morgan fingerprint density at radius 3 is 2.47 bits per heavy atom. The van der Waals surface area contributed by atoms with Crippen LogP contribution in [0.4, 0.5) is 5.69 Å². The first kappa shape index (κ1) is 12.9. The second-order valence-corrected chi connectivity index (χ2v) is 7.03. The highest BCUT2D eigenvalue weighted by molar-refractivity contribution is 7.87. The summed E-state index contributed by atoms with van der Waals surface area (Å²) in [5, 5.41) is 0. The maximum Gasteiger partial charge on any atom is 0.280 e. The van der Waals surface area contributed by atoms with Crippen LogP contribution in [-0.2, 0) is 16.8 Å². The third kappa shape index (κ3) is 3.08. The van der Waals surface area contributed by atoms with E-state index < -0.39 is 10.2 Å². The Hall–Kier alpha value is -1.11. The fourth-order valence-electron chi connectivity index (χ4n) is 2.10. The molecule has 0 aromatic heterocycles. The summed E-state index contributed by atoms with van der Waals surface area (Å²) in [5.74, 6) is 0. The molecule has 0 saturated heterocycles. The summed E-state index contributed by atoms with van der Waals surface area (Å²) in [4.78, 5) is 0. The van der Waals surface area contributed by atoms with Gasteiger partial charge in [-0.05, 0) is 37.3 Å². The Kier molecular flexibility index (Phi) is 3.24. The van der Waals surface area contributed by atoms with Crippen molar-refractivity contribution in [3.63, 3.8) is 0 Å². The van der Waals surface area contributed by atoms with Gasteiger partial charge in [-0.15, -0.1) is 0 Å². The molecule has 0 atom stereocenters. The molecule has 0 spiro atoms. The van der Waals surface area contributed by atoms with E-state index in [1.165, 1.54) is 0 Å². The fraction of sp³-hybridized carbons (Fsp3) is 0.538. The number of nitrogens with two attached hydrogens (primary N) is 1. The summed E-state index contributed by atoms with van der Waals surface area (Å²) in [6, 6.07) is 7.71. The molecule has 3 N–H and O–H groups in total. The van der Waals surface area contributed by atoms with E-state index in [4.69, 9.17) is 5.73 Å². The first-order valence-electron chi connectivity index (χ1n) is 6.69. The van der Waals surface area contributed by atoms with Gasteiger partial charge in [-0.1, -0.05) is 18.2 Å². The Bertz CT molecular complexity index is 565. The zero-order valence-corrected chi connectivity index (χ0v) is 11.6. The lowest BCUT2D eigenvalue weighted by molar-refractivity contribution is 0.391. The van der Waals surface area contributed by atoms with E-state index in [2.05, 4.69) is 4.72 Å². The van der Waals surface area contributed by atoms with E-state index in [1.54, 1.807) is 10.4 Å². The van der Waals surface area contributed by atoms with Crippen LogP contribution in [0, 0.1) is 0 Å². The van der Waals surface area contributed by atoms with Crippen molar-refractivity contribution in [2.24, 2.45) is 0 Å². The molecule has 19 heavy (non-hydrogen) atoms. The lowest BCUT2D eigenvalue weighted by Crippen LogP contribution is -2.42. The average molecular weight is 281 g/mol. The first-order valence-corrected chi connectivity index (χ1v) is 8.13. The fourth-order valence-corrected chi connectivity index (χ4v) is 3.80. The molecule has 6 heteroatoms. The highest BCUT2D eigenvalue weighted by Crippen LogP contribution is 2.32. The molecule has 2 aliphatic carbocycles. The monoisotopic (exact) mass is 281 g/mol. The number of benzene rings is 1. The van der Waals surface area contributed by atoms with Gasteiger partial charge in [-0.25, -0.2) is 0 Å². The number of nitrogens with one attached hydrogen (secondary N) is 1. The average Bonchev–Trinajstić information content (AvgIpc) is 3.21. The van der Waals surface area contributed by atoms with Crippen LogP contribution < -0.4 is 10.5 Å². The molecule has 2 aliphatic rings. The van der Waals surface area contributed by atoms with E-state index in [9.17, 15) is 8.42 Å². The van der Waals surface area contributed by atoms with E-state index in [-0.39, 0.29) is 12.1 Å². The molecule has 0 radical (unpaired) electrons. The van der Waals surface area contributed by atoms with Crippen LogP contribution >= 0.6 is 0 Å². The van der Waals surface area contributed by atoms with Crippen molar-refractivity contribution in [1.82, 2.24) is 9.03 Å². The third-order valence-corrected chi connectivity index (χ3v) is 5.21. The Labute approximate surface area is 114 Å². The standard InChI is InChI=1S/C13H19N3O2S/c14-13-4-2-1-3-10(13)9-16(12-7-8-12)19(17,18)15-11-5-6-11/h1-4,11-12,15H,5-9,14H2. The summed E-state index contributed by atoms with van der Waals surface area (Å²) < 4.78 is 29.0.